The summed E-state index contributed by atoms with van der Waals surface area (Å²) in [5, 5.41) is 0. The predicted molar refractivity (Wildman–Crippen MR) is 53.5 cm³/mol. The molecule has 3 heteroatoms. The van der Waals surface area contributed by atoms with Crippen molar-refractivity contribution < 1.29 is 45.2 Å². The first-order valence-corrected chi connectivity index (χ1v) is 4.62. The summed E-state index contributed by atoms with van der Waals surface area (Å²) in [7, 11) is 0. The van der Waals surface area contributed by atoms with Crippen LogP contribution < -0.4 is 0 Å². The molecule has 0 aromatic heterocycles. The van der Waals surface area contributed by atoms with Crippen molar-refractivity contribution in [1.82, 2.24) is 0 Å². The molecule has 0 saturated heterocycles. The number of Topliss-reactive ketones (excluding diaryl/α,β-unsaturated/α-hetero) is 2. The van der Waals surface area contributed by atoms with Crippen LogP contribution in [-0.4, -0.2) is 11.6 Å². The summed E-state index contributed by atoms with van der Waals surface area (Å²) in [4.78, 5) is 23.0. The van der Waals surface area contributed by atoms with Crippen molar-refractivity contribution in [3.63, 3.8) is 0 Å². The molecule has 2 nitrogen and oxygen atoms in total. The molecule has 1 radical (unpaired) electrons. The summed E-state index contributed by atoms with van der Waals surface area (Å²) >= 11 is 0. The summed E-state index contributed by atoms with van der Waals surface area (Å²) in [6.45, 7) is 11.0. The molecule has 0 spiro atoms. The van der Waals surface area contributed by atoms with Crippen molar-refractivity contribution in [3.8, 4) is 0 Å². The minimum Gasteiger partial charge on any atom is -0.299 e. The van der Waals surface area contributed by atoms with E-state index < -0.39 is 10.8 Å². The van der Waals surface area contributed by atoms with E-state index in [1.807, 2.05) is 41.5 Å². The molecule has 0 aromatic carbocycles. The molecule has 0 aliphatic rings. The Morgan fingerprint density at radius 1 is 0.786 bits per heavy atom. The minimum absolute atomic E-state index is 0. The van der Waals surface area contributed by atoms with E-state index in [2.05, 4.69) is 0 Å². The Morgan fingerprint density at radius 2 is 1.00 bits per heavy atom. The first kappa shape index (κ1) is 16.9. The zero-order valence-electron chi connectivity index (χ0n) is 10.1. The molecule has 0 aliphatic heterocycles. The maximum atomic E-state index is 11.5. The SMILES string of the molecule is CC(C)(C)C(=O)CC(=O)C(C)(C)C.[La]. The van der Waals surface area contributed by atoms with Crippen molar-refractivity contribution >= 4 is 11.6 Å². The number of carbonyl (C=O) groups excluding carboxylic acids is 2. The average Bonchev–Trinajstić information content (AvgIpc) is 1.82. The van der Waals surface area contributed by atoms with Crippen molar-refractivity contribution in [1.29, 1.82) is 0 Å². The molecule has 79 valence electrons. The molecule has 0 aliphatic carbocycles. The van der Waals surface area contributed by atoms with Crippen LogP contribution >= 0.6 is 0 Å². The fourth-order valence-electron chi connectivity index (χ4n) is 0.676. The van der Waals surface area contributed by atoms with E-state index >= 15 is 0 Å². The van der Waals surface area contributed by atoms with Gasteiger partial charge in [0.05, 0.1) is 6.42 Å². The smallest absolute Gasteiger partial charge is 0.145 e. The number of hydrogen-bond acceptors (Lipinski definition) is 2. The molecule has 0 saturated carbocycles. The van der Waals surface area contributed by atoms with E-state index in [1.54, 1.807) is 0 Å². The van der Waals surface area contributed by atoms with Crippen LogP contribution in [0.25, 0.3) is 0 Å². The van der Waals surface area contributed by atoms with Crippen LogP contribution in [0.3, 0.4) is 0 Å². The third-order valence-electron chi connectivity index (χ3n) is 1.99. The Labute approximate surface area is 115 Å². The third-order valence-corrected chi connectivity index (χ3v) is 1.99. The quantitative estimate of drug-likeness (QED) is 0.732. The van der Waals surface area contributed by atoms with Gasteiger partial charge in [-0.15, -0.1) is 0 Å². The summed E-state index contributed by atoms with van der Waals surface area (Å²) in [6.07, 6.45) is 0.0625. The first-order chi connectivity index (χ1) is 5.55. The van der Waals surface area contributed by atoms with Crippen LogP contribution in [0.5, 0.6) is 0 Å². The summed E-state index contributed by atoms with van der Waals surface area (Å²) in [5.74, 6) is 0.0415. The molecule has 0 fully saturated rings. The fraction of sp³-hybridized carbons (Fsp3) is 0.818. The molecule has 0 unspecified atom stereocenters. The van der Waals surface area contributed by atoms with Crippen LogP contribution in [0.2, 0.25) is 0 Å². The van der Waals surface area contributed by atoms with Gasteiger partial charge in [-0.1, -0.05) is 41.5 Å². The second-order valence-corrected chi connectivity index (χ2v) is 5.52. The molecule has 0 bridgehead atoms. The zero-order chi connectivity index (χ0) is 10.9. The Balaban J connectivity index is 0. The topological polar surface area (TPSA) is 34.1 Å². The molecular weight excluding hydrogens is 303 g/mol. The minimum atomic E-state index is -0.402. The Kier molecular flexibility index (Phi) is 6.75. The summed E-state index contributed by atoms with van der Waals surface area (Å²) in [5.41, 5.74) is -0.804. The molecule has 0 rings (SSSR count). The van der Waals surface area contributed by atoms with Crippen LogP contribution in [0, 0.1) is 46.4 Å². The van der Waals surface area contributed by atoms with Gasteiger partial charge in [0.15, 0.2) is 0 Å². The van der Waals surface area contributed by atoms with Crippen LogP contribution in [0.4, 0.5) is 0 Å². The molecule has 0 atom stereocenters. The van der Waals surface area contributed by atoms with Crippen LogP contribution in [0.1, 0.15) is 48.0 Å². The third kappa shape index (κ3) is 6.10. The van der Waals surface area contributed by atoms with Gasteiger partial charge >= 0.3 is 0 Å². The second kappa shape index (κ2) is 5.57. The van der Waals surface area contributed by atoms with Crippen molar-refractivity contribution in [2.75, 3.05) is 0 Å². The summed E-state index contributed by atoms with van der Waals surface area (Å²) in [6, 6.07) is 0. The molecule has 0 heterocycles. The molecule has 0 amide bonds. The van der Waals surface area contributed by atoms with Gasteiger partial charge < -0.3 is 0 Å². The van der Waals surface area contributed by atoms with Gasteiger partial charge in [0.2, 0.25) is 0 Å². The average molecular weight is 323 g/mol. The number of ketones is 2. The standard InChI is InChI=1S/C11H20O2.La/c1-10(2,3)8(12)7-9(13)11(4,5)6;/h7H2,1-6H3;. The second-order valence-electron chi connectivity index (χ2n) is 5.52. The van der Waals surface area contributed by atoms with E-state index in [9.17, 15) is 9.59 Å². The van der Waals surface area contributed by atoms with Gasteiger partial charge in [-0.25, -0.2) is 0 Å². The van der Waals surface area contributed by atoms with Crippen molar-refractivity contribution in [2.45, 2.75) is 48.0 Å². The summed E-state index contributed by atoms with van der Waals surface area (Å²) < 4.78 is 0. The molecule has 0 N–H and O–H groups in total. The largest absolute Gasteiger partial charge is 0.299 e. The van der Waals surface area contributed by atoms with Gasteiger partial charge in [0.25, 0.3) is 0 Å². The number of rotatable bonds is 2. The maximum Gasteiger partial charge on any atom is 0.145 e. The van der Waals surface area contributed by atoms with Crippen LogP contribution in [0.15, 0.2) is 0 Å². The predicted octanol–water partition coefficient (Wildman–Crippen LogP) is 2.61. The molecule has 14 heavy (non-hydrogen) atoms. The van der Waals surface area contributed by atoms with E-state index in [0.717, 1.165) is 0 Å². The van der Waals surface area contributed by atoms with Gasteiger partial charge in [0, 0.05) is 46.4 Å². The van der Waals surface area contributed by atoms with Gasteiger partial charge in [-0.3, -0.25) is 9.59 Å². The van der Waals surface area contributed by atoms with Gasteiger partial charge in [0.1, 0.15) is 11.6 Å². The first-order valence-electron chi connectivity index (χ1n) is 4.62. The van der Waals surface area contributed by atoms with Crippen molar-refractivity contribution in [2.24, 2.45) is 10.8 Å². The maximum absolute atomic E-state index is 11.5. The normalized spacial score (nSPS) is 11.9. The Bertz CT molecular complexity index is 194. The van der Waals surface area contributed by atoms with E-state index in [4.69, 9.17) is 0 Å². The van der Waals surface area contributed by atoms with Gasteiger partial charge in [-0.05, 0) is 0 Å². The Morgan fingerprint density at radius 3 is 1.14 bits per heavy atom. The molecule has 0 aromatic rings. The fourth-order valence-corrected chi connectivity index (χ4v) is 0.676. The zero-order valence-corrected chi connectivity index (χ0v) is 13.7. The Hall–Kier alpha value is 0.535. The number of carbonyl (C=O) groups is 2. The van der Waals surface area contributed by atoms with E-state index in [1.165, 1.54) is 0 Å². The molecular formula is C11H20LaO2. The number of hydrogen-bond donors (Lipinski definition) is 0. The monoisotopic (exact) mass is 323 g/mol. The van der Waals surface area contributed by atoms with Crippen molar-refractivity contribution in [3.05, 3.63) is 0 Å². The van der Waals surface area contributed by atoms with Gasteiger partial charge in [-0.2, -0.15) is 0 Å². The van der Waals surface area contributed by atoms with E-state index in [0.29, 0.717) is 0 Å². The van der Waals surface area contributed by atoms with E-state index in [-0.39, 0.29) is 53.6 Å². The van der Waals surface area contributed by atoms with Crippen LogP contribution in [-0.2, 0) is 9.59 Å².